The van der Waals surface area contributed by atoms with Crippen LogP contribution in [0.15, 0.2) is 18.2 Å². The van der Waals surface area contributed by atoms with Gasteiger partial charge in [0.1, 0.15) is 11.6 Å². The SMILES string of the molecule is CN(CC1(O)CCCC1)C(=O)c1cc(F)cc(F)c1. The molecule has 0 unspecified atom stereocenters. The summed E-state index contributed by atoms with van der Waals surface area (Å²) in [7, 11) is 1.53. The Labute approximate surface area is 110 Å². The number of carbonyl (C=O) groups excluding carboxylic acids is 1. The van der Waals surface area contributed by atoms with Gasteiger partial charge in [0.15, 0.2) is 0 Å². The highest BCUT2D eigenvalue weighted by Gasteiger charge is 2.33. The molecule has 3 nitrogen and oxygen atoms in total. The molecule has 0 spiro atoms. The van der Waals surface area contributed by atoms with E-state index in [1.807, 2.05) is 0 Å². The van der Waals surface area contributed by atoms with E-state index in [0.717, 1.165) is 31.0 Å². The first-order valence-electron chi connectivity index (χ1n) is 6.34. The van der Waals surface area contributed by atoms with E-state index >= 15 is 0 Å². The number of aliphatic hydroxyl groups is 1. The first-order valence-corrected chi connectivity index (χ1v) is 6.34. The highest BCUT2D eigenvalue weighted by molar-refractivity contribution is 5.94. The molecule has 0 aromatic heterocycles. The minimum absolute atomic E-state index is 0.0402. The number of benzene rings is 1. The summed E-state index contributed by atoms with van der Waals surface area (Å²) >= 11 is 0. The van der Waals surface area contributed by atoms with Crippen LogP contribution < -0.4 is 0 Å². The predicted octanol–water partition coefficient (Wildman–Crippen LogP) is 2.34. The minimum atomic E-state index is -0.865. The van der Waals surface area contributed by atoms with Crippen LogP contribution in [0.25, 0.3) is 0 Å². The van der Waals surface area contributed by atoms with Gasteiger partial charge in [-0.2, -0.15) is 0 Å². The van der Waals surface area contributed by atoms with Crippen molar-refractivity contribution in [3.8, 4) is 0 Å². The summed E-state index contributed by atoms with van der Waals surface area (Å²) < 4.78 is 26.1. The predicted molar refractivity (Wildman–Crippen MR) is 66.7 cm³/mol. The lowest BCUT2D eigenvalue weighted by Gasteiger charge is -2.28. The molecule has 0 saturated heterocycles. The summed E-state index contributed by atoms with van der Waals surface area (Å²) in [6, 6.07) is 2.72. The van der Waals surface area contributed by atoms with Crippen molar-refractivity contribution in [2.45, 2.75) is 31.3 Å². The average molecular weight is 269 g/mol. The molecule has 0 atom stereocenters. The van der Waals surface area contributed by atoms with Gasteiger partial charge in [0.2, 0.25) is 0 Å². The number of amides is 1. The topological polar surface area (TPSA) is 40.5 Å². The van der Waals surface area contributed by atoms with Gasteiger partial charge in [-0.3, -0.25) is 4.79 Å². The zero-order valence-electron chi connectivity index (χ0n) is 10.8. The van der Waals surface area contributed by atoms with Crippen molar-refractivity contribution in [2.24, 2.45) is 0 Å². The van der Waals surface area contributed by atoms with Gasteiger partial charge in [0.05, 0.1) is 5.60 Å². The average Bonchev–Trinajstić information content (AvgIpc) is 2.73. The maximum atomic E-state index is 13.1. The zero-order chi connectivity index (χ0) is 14.0. The summed E-state index contributed by atoms with van der Waals surface area (Å²) in [5.41, 5.74) is -0.905. The van der Waals surface area contributed by atoms with Gasteiger partial charge in [-0.1, -0.05) is 12.8 Å². The fraction of sp³-hybridized carbons (Fsp3) is 0.500. The first kappa shape index (κ1) is 13.9. The Morgan fingerprint density at radius 2 is 1.79 bits per heavy atom. The molecular weight excluding hydrogens is 252 g/mol. The van der Waals surface area contributed by atoms with Crippen LogP contribution in [0, 0.1) is 11.6 Å². The summed E-state index contributed by atoms with van der Waals surface area (Å²) in [5, 5.41) is 10.2. The van der Waals surface area contributed by atoms with Crippen LogP contribution in [-0.2, 0) is 0 Å². The van der Waals surface area contributed by atoms with Crippen LogP contribution >= 0.6 is 0 Å². The standard InChI is InChI=1S/C14H17F2NO2/c1-17(9-14(19)4-2-3-5-14)13(18)10-6-11(15)8-12(16)7-10/h6-8,19H,2-5,9H2,1H3. The number of likely N-dealkylation sites (N-methyl/N-ethyl adjacent to an activating group) is 1. The molecule has 104 valence electrons. The molecule has 0 bridgehead atoms. The number of hydrogen-bond donors (Lipinski definition) is 1. The third kappa shape index (κ3) is 3.29. The van der Waals surface area contributed by atoms with E-state index in [4.69, 9.17) is 0 Å². The lowest BCUT2D eigenvalue weighted by molar-refractivity contribution is 0.0156. The number of hydrogen-bond acceptors (Lipinski definition) is 2. The molecule has 1 aromatic rings. The second-order valence-corrected chi connectivity index (χ2v) is 5.25. The van der Waals surface area contributed by atoms with Crippen molar-refractivity contribution in [1.29, 1.82) is 0 Å². The summed E-state index contributed by atoms with van der Waals surface area (Å²) in [5.74, 6) is -2.05. The van der Waals surface area contributed by atoms with Crippen LogP contribution in [0.4, 0.5) is 8.78 Å². The van der Waals surface area contributed by atoms with Crippen molar-refractivity contribution in [2.75, 3.05) is 13.6 Å². The quantitative estimate of drug-likeness (QED) is 0.915. The van der Waals surface area contributed by atoms with Crippen LogP contribution in [-0.4, -0.2) is 35.1 Å². The number of carbonyl (C=O) groups is 1. The Balaban J connectivity index is 2.10. The fourth-order valence-corrected chi connectivity index (χ4v) is 2.60. The number of rotatable bonds is 3. The van der Waals surface area contributed by atoms with Gasteiger partial charge in [0, 0.05) is 25.2 Å². The molecule has 19 heavy (non-hydrogen) atoms. The van der Waals surface area contributed by atoms with Crippen LogP contribution in [0.1, 0.15) is 36.0 Å². The Morgan fingerprint density at radius 3 is 2.32 bits per heavy atom. The monoisotopic (exact) mass is 269 g/mol. The molecule has 1 aliphatic rings. The Bertz CT molecular complexity index is 464. The largest absolute Gasteiger partial charge is 0.388 e. The molecule has 1 fully saturated rings. The van der Waals surface area contributed by atoms with Gasteiger partial charge in [0.25, 0.3) is 5.91 Å². The molecule has 1 aliphatic carbocycles. The molecule has 1 aromatic carbocycles. The zero-order valence-corrected chi connectivity index (χ0v) is 10.8. The van der Waals surface area contributed by atoms with Gasteiger partial charge >= 0.3 is 0 Å². The van der Waals surface area contributed by atoms with Crippen LogP contribution in [0.5, 0.6) is 0 Å². The van der Waals surface area contributed by atoms with Gasteiger partial charge in [-0.15, -0.1) is 0 Å². The Hall–Kier alpha value is -1.49. The van der Waals surface area contributed by atoms with E-state index in [1.165, 1.54) is 11.9 Å². The Kier molecular flexibility index (Phi) is 3.85. The summed E-state index contributed by atoms with van der Waals surface area (Å²) in [4.78, 5) is 13.4. The number of halogens is 2. The van der Waals surface area contributed by atoms with E-state index in [0.29, 0.717) is 12.8 Å². The van der Waals surface area contributed by atoms with E-state index in [1.54, 1.807) is 0 Å². The van der Waals surface area contributed by atoms with Gasteiger partial charge in [-0.25, -0.2) is 8.78 Å². The second kappa shape index (κ2) is 5.25. The van der Waals surface area contributed by atoms with Crippen molar-refractivity contribution in [1.82, 2.24) is 4.90 Å². The Morgan fingerprint density at radius 1 is 1.26 bits per heavy atom. The van der Waals surface area contributed by atoms with Crippen LogP contribution in [0.3, 0.4) is 0 Å². The maximum Gasteiger partial charge on any atom is 0.253 e. The molecule has 1 N–H and O–H groups in total. The normalized spacial score (nSPS) is 17.5. The maximum absolute atomic E-state index is 13.1. The molecule has 1 saturated carbocycles. The van der Waals surface area contributed by atoms with Gasteiger partial charge < -0.3 is 10.0 Å². The smallest absolute Gasteiger partial charge is 0.253 e. The molecule has 0 radical (unpaired) electrons. The highest BCUT2D eigenvalue weighted by Crippen LogP contribution is 2.30. The van der Waals surface area contributed by atoms with Crippen molar-refractivity contribution < 1.29 is 18.7 Å². The van der Waals surface area contributed by atoms with Crippen molar-refractivity contribution >= 4 is 5.91 Å². The molecule has 0 heterocycles. The third-order valence-electron chi connectivity index (χ3n) is 3.52. The first-order chi connectivity index (χ1) is 8.89. The molecular formula is C14H17F2NO2. The fourth-order valence-electron chi connectivity index (χ4n) is 2.60. The lowest BCUT2D eigenvalue weighted by Crippen LogP contribution is -2.42. The molecule has 2 rings (SSSR count). The molecule has 0 aliphatic heterocycles. The van der Waals surface area contributed by atoms with Crippen molar-refractivity contribution in [3.63, 3.8) is 0 Å². The number of nitrogens with zero attached hydrogens (tertiary/aromatic N) is 1. The second-order valence-electron chi connectivity index (χ2n) is 5.25. The van der Waals surface area contributed by atoms with Gasteiger partial charge in [-0.05, 0) is 25.0 Å². The van der Waals surface area contributed by atoms with E-state index < -0.39 is 23.1 Å². The summed E-state index contributed by atoms with van der Waals surface area (Å²) in [6.45, 7) is 0.184. The van der Waals surface area contributed by atoms with Crippen molar-refractivity contribution in [3.05, 3.63) is 35.4 Å². The highest BCUT2D eigenvalue weighted by atomic mass is 19.1. The van der Waals surface area contributed by atoms with Crippen LogP contribution in [0.2, 0.25) is 0 Å². The van der Waals surface area contributed by atoms with E-state index in [9.17, 15) is 18.7 Å². The minimum Gasteiger partial charge on any atom is -0.388 e. The van der Waals surface area contributed by atoms with E-state index in [2.05, 4.69) is 0 Å². The molecule has 5 heteroatoms. The third-order valence-corrected chi connectivity index (χ3v) is 3.52. The summed E-state index contributed by atoms with van der Waals surface area (Å²) in [6.07, 6.45) is 3.19. The van der Waals surface area contributed by atoms with E-state index in [-0.39, 0.29) is 12.1 Å². The lowest BCUT2D eigenvalue weighted by atomic mass is 10.0. The molecule has 1 amide bonds.